The standard InChI is InChI=1S/C4H8O2.Al.3H/c1-3-4(5)6-2;;;;/h3H2,1-2H3;;;;. The average Bonchev–Trinajstić information content (AvgIpc) is 1.65. The monoisotopic (exact) mass is 118 g/mol. The minimum Gasteiger partial charge on any atom is -0.469 e. The quantitative estimate of drug-likeness (QED) is 0.339. The largest absolute Gasteiger partial charge is 0.469 e. The van der Waals surface area contributed by atoms with Gasteiger partial charge in [0, 0.05) is 6.42 Å². The number of ether oxygens (including phenoxy) is 1. The highest BCUT2D eigenvalue weighted by Crippen LogP contribution is 1.76. The predicted molar refractivity (Wildman–Crippen MR) is 32.2 cm³/mol. The molecule has 0 bridgehead atoms. The van der Waals surface area contributed by atoms with E-state index in [-0.39, 0.29) is 23.3 Å². The zero-order valence-electron chi connectivity index (χ0n) is 4.02. The van der Waals surface area contributed by atoms with E-state index in [0.717, 1.165) is 0 Å². The molecule has 0 N–H and O–H groups in total. The highest BCUT2D eigenvalue weighted by atomic mass is 27.0. The lowest BCUT2D eigenvalue weighted by Gasteiger charge is -1.87. The van der Waals surface area contributed by atoms with Crippen molar-refractivity contribution >= 4 is 23.3 Å². The Balaban J connectivity index is 0. The Kier molecular flexibility index (Phi) is 8.65. The molecule has 0 saturated carbocycles. The topological polar surface area (TPSA) is 26.3 Å². The van der Waals surface area contributed by atoms with E-state index >= 15 is 0 Å². The first-order chi connectivity index (χ1) is 2.81. The van der Waals surface area contributed by atoms with Crippen LogP contribution in [-0.2, 0) is 9.53 Å². The van der Waals surface area contributed by atoms with Crippen LogP contribution < -0.4 is 0 Å². The van der Waals surface area contributed by atoms with E-state index in [1.807, 2.05) is 0 Å². The van der Waals surface area contributed by atoms with Crippen LogP contribution in [0.4, 0.5) is 0 Å². The van der Waals surface area contributed by atoms with E-state index in [1.54, 1.807) is 6.92 Å². The van der Waals surface area contributed by atoms with Crippen molar-refractivity contribution in [2.24, 2.45) is 0 Å². The maximum atomic E-state index is 9.96. The van der Waals surface area contributed by atoms with Crippen molar-refractivity contribution in [1.29, 1.82) is 0 Å². The molecule has 0 spiro atoms. The van der Waals surface area contributed by atoms with Gasteiger partial charge in [-0.05, 0) is 0 Å². The van der Waals surface area contributed by atoms with Gasteiger partial charge in [0.25, 0.3) is 0 Å². The Morgan fingerprint density at radius 2 is 2.14 bits per heavy atom. The highest BCUT2D eigenvalue weighted by molar-refractivity contribution is 5.75. The summed E-state index contributed by atoms with van der Waals surface area (Å²) in [6.07, 6.45) is 0.469. The molecule has 0 aliphatic rings. The fourth-order valence-electron chi connectivity index (χ4n) is 0.144. The van der Waals surface area contributed by atoms with Gasteiger partial charge in [-0.3, -0.25) is 4.79 Å². The van der Waals surface area contributed by atoms with Crippen LogP contribution in [0.25, 0.3) is 0 Å². The third-order valence-corrected chi connectivity index (χ3v) is 0.516. The zero-order chi connectivity index (χ0) is 4.99. The maximum absolute atomic E-state index is 9.96. The molecule has 42 valence electrons. The number of methoxy groups -OCH3 is 1. The van der Waals surface area contributed by atoms with Crippen LogP contribution in [0.3, 0.4) is 0 Å². The van der Waals surface area contributed by atoms with E-state index in [2.05, 4.69) is 4.74 Å². The third-order valence-electron chi connectivity index (χ3n) is 0.516. The number of hydrogen-bond acceptors (Lipinski definition) is 2. The Hall–Kier alpha value is 0.00247. The Morgan fingerprint density at radius 3 is 2.14 bits per heavy atom. The molecule has 0 aromatic rings. The molecule has 0 aromatic heterocycles. The van der Waals surface area contributed by atoms with Crippen molar-refractivity contribution in [2.45, 2.75) is 13.3 Å². The number of hydrogen-bond donors (Lipinski definition) is 0. The molecule has 0 atom stereocenters. The van der Waals surface area contributed by atoms with Gasteiger partial charge in [0.1, 0.15) is 0 Å². The van der Waals surface area contributed by atoms with Gasteiger partial charge < -0.3 is 4.74 Å². The van der Waals surface area contributed by atoms with Crippen molar-refractivity contribution in [3.63, 3.8) is 0 Å². The van der Waals surface area contributed by atoms with Crippen molar-refractivity contribution in [1.82, 2.24) is 0 Å². The summed E-state index contributed by atoms with van der Waals surface area (Å²) in [4.78, 5) is 9.96. The second-order valence-corrected chi connectivity index (χ2v) is 0.930. The van der Waals surface area contributed by atoms with E-state index in [0.29, 0.717) is 6.42 Å². The molecule has 0 aromatic carbocycles. The van der Waals surface area contributed by atoms with Gasteiger partial charge in [0.15, 0.2) is 17.4 Å². The number of esters is 1. The molecule has 0 saturated heterocycles. The van der Waals surface area contributed by atoms with Gasteiger partial charge in [-0.15, -0.1) is 0 Å². The molecule has 7 heavy (non-hydrogen) atoms. The first-order valence-corrected chi connectivity index (χ1v) is 1.88. The number of rotatable bonds is 1. The summed E-state index contributed by atoms with van der Waals surface area (Å²) >= 11 is 0. The second kappa shape index (κ2) is 6.00. The first kappa shape index (κ1) is 10.1. The Bertz CT molecular complexity index is 47.7. The minimum absolute atomic E-state index is 0. The molecule has 3 heteroatoms. The van der Waals surface area contributed by atoms with Crippen molar-refractivity contribution in [2.75, 3.05) is 7.11 Å². The van der Waals surface area contributed by atoms with Gasteiger partial charge in [0.2, 0.25) is 0 Å². The van der Waals surface area contributed by atoms with Crippen LogP contribution in [0.2, 0.25) is 0 Å². The molecule has 0 unspecified atom stereocenters. The summed E-state index contributed by atoms with van der Waals surface area (Å²) in [6, 6.07) is 0. The van der Waals surface area contributed by atoms with Gasteiger partial charge in [-0.1, -0.05) is 6.92 Å². The van der Waals surface area contributed by atoms with Gasteiger partial charge in [-0.25, -0.2) is 0 Å². The third kappa shape index (κ3) is 6.00. The highest BCUT2D eigenvalue weighted by Gasteiger charge is 1.87. The van der Waals surface area contributed by atoms with Crippen LogP contribution >= 0.6 is 0 Å². The molecular weight excluding hydrogens is 107 g/mol. The lowest BCUT2D eigenvalue weighted by atomic mass is 10.5. The molecule has 0 fully saturated rings. The van der Waals surface area contributed by atoms with Crippen LogP contribution in [-0.4, -0.2) is 30.4 Å². The number of carbonyl (C=O) groups excluding carboxylic acids is 1. The summed E-state index contributed by atoms with van der Waals surface area (Å²) in [5, 5.41) is 0. The second-order valence-electron chi connectivity index (χ2n) is 0.930. The summed E-state index contributed by atoms with van der Waals surface area (Å²) in [5.74, 6) is -0.157. The van der Waals surface area contributed by atoms with Crippen molar-refractivity contribution in [3.8, 4) is 0 Å². The van der Waals surface area contributed by atoms with Gasteiger partial charge in [0.05, 0.1) is 7.11 Å². The molecular formula is C4H11AlO2. The predicted octanol–water partition coefficient (Wildman–Crippen LogP) is -0.615. The van der Waals surface area contributed by atoms with Crippen LogP contribution in [0, 0.1) is 0 Å². The van der Waals surface area contributed by atoms with Crippen LogP contribution in [0.5, 0.6) is 0 Å². The fraction of sp³-hybridized carbons (Fsp3) is 0.750. The first-order valence-electron chi connectivity index (χ1n) is 1.88. The molecule has 0 amide bonds. The summed E-state index contributed by atoms with van der Waals surface area (Å²) in [6.45, 7) is 1.76. The molecule has 0 heterocycles. The molecule has 0 radical (unpaired) electrons. The van der Waals surface area contributed by atoms with E-state index < -0.39 is 0 Å². The number of carbonyl (C=O) groups is 1. The van der Waals surface area contributed by atoms with Crippen molar-refractivity contribution in [3.05, 3.63) is 0 Å². The van der Waals surface area contributed by atoms with Gasteiger partial charge in [-0.2, -0.15) is 0 Å². The van der Waals surface area contributed by atoms with Crippen LogP contribution in [0.15, 0.2) is 0 Å². The SMILES string of the molecule is CCC(=O)OC.[AlH3]. The summed E-state index contributed by atoms with van der Waals surface area (Å²) in [5.41, 5.74) is 0. The van der Waals surface area contributed by atoms with E-state index in [9.17, 15) is 4.79 Å². The lowest BCUT2D eigenvalue weighted by molar-refractivity contribution is -0.140. The summed E-state index contributed by atoms with van der Waals surface area (Å²) < 4.78 is 4.26. The summed E-state index contributed by atoms with van der Waals surface area (Å²) in [7, 11) is 1.38. The molecule has 2 nitrogen and oxygen atoms in total. The lowest BCUT2D eigenvalue weighted by Crippen LogP contribution is -1.94. The zero-order valence-corrected chi connectivity index (χ0v) is 4.02. The smallest absolute Gasteiger partial charge is 0.305 e. The average molecular weight is 118 g/mol. The van der Waals surface area contributed by atoms with Crippen LogP contribution in [0.1, 0.15) is 13.3 Å². The Morgan fingerprint density at radius 1 is 1.71 bits per heavy atom. The van der Waals surface area contributed by atoms with Crippen molar-refractivity contribution < 1.29 is 9.53 Å². The normalized spacial score (nSPS) is 6.57. The molecule has 0 rings (SSSR count). The minimum atomic E-state index is -0.157. The van der Waals surface area contributed by atoms with E-state index in [1.165, 1.54) is 7.11 Å². The fourth-order valence-corrected chi connectivity index (χ4v) is 0.144. The molecule has 0 aliphatic heterocycles. The van der Waals surface area contributed by atoms with E-state index in [4.69, 9.17) is 0 Å². The maximum Gasteiger partial charge on any atom is 0.305 e. The molecule has 0 aliphatic carbocycles. The van der Waals surface area contributed by atoms with Gasteiger partial charge >= 0.3 is 5.97 Å². The Labute approximate surface area is 54.0 Å².